The summed E-state index contributed by atoms with van der Waals surface area (Å²) >= 11 is 0. The number of nitrogens with zero attached hydrogens (tertiary/aromatic N) is 3. The van der Waals surface area contributed by atoms with Crippen LogP contribution in [0.25, 0.3) is 5.65 Å². The van der Waals surface area contributed by atoms with E-state index < -0.39 is 0 Å². The minimum atomic E-state index is -0.378. The Hall–Kier alpha value is -2.29. The molecular weight excluding hydrogens is 400 g/mol. The van der Waals surface area contributed by atoms with Gasteiger partial charge in [0, 0.05) is 12.6 Å². The summed E-state index contributed by atoms with van der Waals surface area (Å²) in [7, 11) is 0. The predicted octanol–water partition coefficient (Wildman–Crippen LogP) is 6.44. The third-order valence-corrected chi connectivity index (χ3v) is 7.01. The monoisotopic (exact) mass is 440 g/mol. The maximum absolute atomic E-state index is 13.5. The van der Waals surface area contributed by atoms with Crippen LogP contribution in [0.3, 0.4) is 0 Å². The van der Waals surface area contributed by atoms with Crippen LogP contribution in [0.15, 0.2) is 6.20 Å². The number of fused-ring (bicyclic) bond motifs is 1. The van der Waals surface area contributed by atoms with Gasteiger partial charge in [0.25, 0.3) is 0 Å². The minimum absolute atomic E-state index is 0.0687. The number of H-pyrrole nitrogens is 1. The second-order valence-electron chi connectivity index (χ2n) is 9.75. The fourth-order valence-corrected chi connectivity index (χ4v) is 5.39. The number of aryl methyl sites for hydroxylation is 1. The van der Waals surface area contributed by atoms with Gasteiger partial charge in [-0.25, -0.2) is 9.31 Å². The van der Waals surface area contributed by atoms with Crippen molar-refractivity contribution in [1.29, 1.82) is 5.26 Å². The van der Waals surface area contributed by atoms with Gasteiger partial charge in [-0.15, -0.1) is 0 Å². The second kappa shape index (κ2) is 11.5. The molecule has 2 atom stereocenters. The average Bonchev–Trinajstić information content (AvgIpc) is 3.33. The van der Waals surface area contributed by atoms with E-state index in [0.29, 0.717) is 34.5 Å². The van der Waals surface area contributed by atoms with Crippen LogP contribution < -0.4 is 0 Å². The van der Waals surface area contributed by atoms with Gasteiger partial charge in [-0.05, 0) is 49.9 Å². The normalized spacial score (nSPS) is 23.3. The first kappa shape index (κ1) is 24.4. The molecule has 1 aliphatic carbocycles. The highest BCUT2D eigenvalue weighted by molar-refractivity contribution is 5.99. The average molecular weight is 441 g/mol. The highest BCUT2D eigenvalue weighted by Crippen LogP contribution is 2.41. The van der Waals surface area contributed by atoms with Crippen LogP contribution in [0.2, 0.25) is 0 Å². The molecule has 0 aromatic carbocycles. The minimum Gasteiger partial charge on any atom is -0.458 e. The van der Waals surface area contributed by atoms with E-state index in [1.165, 1.54) is 0 Å². The van der Waals surface area contributed by atoms with Gasteiger partial charge in [-0.2, -0.15) is 10.4 Å². The Kier molecular flexibility index (Phi) is 8.78. The first-order valence-electron chi connectivity index (χ1n) is 12.7. The van der Waals surface area contributed by atoms with Crippen LogP contribution in [0.5, 0.6) is 0 Å². The lowest BCUT2D eigenvalue weighted by molar-refractivity contribution is -0.0393. The van der Waals surface area contributed by atoms with Crippen molar-refractivity contribution in [3.63, 3.8) is 0 Å². The first-order chi connectivity index (χ1) is 15.5. The summed E-state index contributed by atoms with van der Waals surface area (Å²) in [6, 6.07) is 2.17. The van der Waals surface area contributed by atoms with Crippen molar-refractivity contribution in [3.8, 4) is 6.07 Å². The van der Waals surface area contributed by atoms with E-state index in [1.807, 2.05) is 0 Å². The van der Waals surface area contributed by atoms with Gasteiger partial charge in [0.05, 0.1) is 5.56 Å². The third-order valence-electron chi connectivity index (χ3n) is 7.01. The molecule has 176 valence electrons. The van der Waals surface area contributed by atoms with Gasteiger partial charge < -0.3 is 9.72 Å². The van der Waals surface area contributed by atoms with Crippen molar-refractivity contribution in [1.82, 2.24) is 14.6 Å². The van der Waals surface area contributed by atoms with E-state index in [4.69, 9.17) is 4.74 Å². The molecule has 32 heavy (non-hydrogen) atoms. The standard InChI is InChI=1S/C26H40N4O2/c1-5-8-11-19-14-18(4)15-20(12-9-6-2)24(19)32-26(31)23-21(16-27)17-30-25(23)28-22(29-30)13-10-7-3/h17-20,24H,5-15H2,1-4H3,(H,28,29). The van der Waals surface area contributed by atoms with Crippen LogP contribution in [0.4, 0.5) is 0 Å². The van der Waals surface area contributed by atoms with Crippen molar-refractivity contribution in [3.05, 3.63) is 23.1 Å². The summed E-state index contributed by atoms with van der Waals surface area (Å²) < 4.78 is 7.92. The van der Waals surface area contributed by atoms with Crippen LogP contribution in [-0.4, -0.2) is 26.7 Å². The lowest BCUT2D eigenvalue weighted by Crippen LogP contribution is -2.40. The van der Waals surface area contributed by atoms with E-state index in [9.17, 15) is 10.1 Å². The van der Waals surface area contributed by atoms with Gasteiger partial charge in [0.15, 0.2) is 0 Å². The molecule has 0 radical (unpaired) electrons. The number of hydrogen-bond acceptors (Lipinski definition) is 4. The Balaban J connectivity index is 1.88. The van der Waals surface area contributed by atoms with Crippen LogP contribution >= 0.6 is 0 Å². The molecule has 0 bridgehead atoms. The molecule has 0 spiro atoms. The van der Waals surface area contributed by atoms with Gasteiger partial charge >= 0.3 is 5.97 Å². The number of carbonyl (C=O) groups is 1. The summed E-state index contributed by atoms with van der Waals surface area (Å²) in [6.07, 6.45) is 13.6. The van der Waals surface area contributed by atoms with Gasteiger partial charge in [-0.1, -0.05) is 59.8 Å². The number of ether oxygens (including phenoxy) is 1. The zero-order valence-electron chi connectivity index (χ0n) is 20.3. The van der Waals surface area contributed by atoms with E-state index in [0.717, 1.165) is 76.5 Å². The number of hydrogen-bond donors (Lipinski definition) is 1. The molecular formula is C26H40N4O2. The number of rotatable bonds is 11. The molecule has 0 amide bonds. The molecule has 1 saturated carbocycles. The van der Waals surface area contributed by atoms with Gasteiger partial charge in [0.2, 0.25) is 0 Å². The van der Waals surface area contributed by atoms with Gasteiger partial charge in [-0.3, -0.25) is 0 Å². The molecule has 6 heteroatoms. The van der Waals surface area contributed by atoms with Crippen molar-refractivity contribution in [2.75, 3.05) is 0 Å². The maximum atomic E-state index is 13.5. The topological polar surface area (TPSA) is 83.2 Å². The molecule has 2 heterocycles. The quantitative estimate of drug-likeness (QED) is 0.407. The number of aromatic amines is 1. The van der Waals surface area contributed by atoms with Crippen LogP contribution in [-0.2, 0) is 11.2 Å². The molecule has 0 aliphatic heterocycles. The molecule has 1 fully saturated rings. The number of aromatic nitrogens is 3. The number of esters is 1. The number of nitrogens with one attached hydrogen (secondary N) is 1. The lowest BCUT2D eigenvalue weighted by Gasteiger charge is -2.40. The lowest BCUT2D eigenvalue weighted by atomic mass is 9.70. The number of nitriles is 1. The zero-order valence-corrected chi connectivity index (χ0v) is 20.3. The summed E-state index contributed by atoms with van der Waals surface area (Å²) in [4.78, 5) is 16.7. The van der Waals surface area contributed by atoms with E-state index in [-0.39, 0.29) is 12.1 Å². The number of unbranched alkanes of at least 4 members (excludes halogenated alkanes) is 3. The fourth-order valence-electron chi connectivity index (χ4n) is 5.39. The van der Waals surface area contributed by atoms with Crippen molar-refractivity contribution < 1.29 is 9.53 Å². The Bertz CT molecular complexity index is 904. The van der Waals surface area contributed by atoms with E-state index >= 15 is 0 Å². The second-order valence-corrected chi connectivity index (χ2v) is 9.75. The van der Waals surface area contributed by atoms with E-state index in [2.05, 4.69) is 43.8 Å². The highest BCUT2D eigenvalue weighted by atomic mass is 16.5. The SMILES string of the molecule is CCCCc1nn2cc(C#N)c(C(=O)OC3C(CCCC)CC(C)CC3CCCC)c2[nH]1. The summed E-state index contributed by atoms with van der Waals surface area (Å²) in [5.41, 5.74) is 1.25. The van der Waals surface area contributed by atoms with Crippen molar-refractivity contribution >= 4 is 11.6 Å². The molecule has 1 aliphatic rings. The largest absolute Gasteiger partial charge is 0.458 e. The summed E-state index contributed by atoms with van der Waals surface area (Å²) in [5, 5.41) is 14.2. The summed E-state index contributed by atoms with van der Waals surface area (Å²) in [5.74, 6) is 1.93. The summed E-state index contributed by atoms with van der Waals surface area (Å²) in [6.45, 7) is 8.91. The smallest absolute Gasteiger partial charge is 0.343 e. The Morgan fingerprint density at radius 3 is 2.34 bits per heavy atom. The third kappa shape index (κ3) is 5.54. The molecule has 2 aromatic heterocycles. The molecule has 3 rings (SSSR count). The Labute approximate surface area is 192 Å². The van der Waals surface area contributed by atoms with Crippen LogP contribution in [0.1, 0.15) is 114 Å². The Morgan fingerprint density at radius 2 is 1.78 bits per heavy atom. The van der Waals surface area contributed by atoms with Gasteiger partial charge in [0.1, 0.15) is 29.2 Å². The molecule has 1 N–H and O–H groups in total. The predicted molar refractivity (Wildman–Crippen MR) is 127 cm³/mol. The number of carbonyl (C=O) groups excluding carboxylic acids is 1. The molecule has 0 saturated heterocycles. The zero-order chi connectivity index (χ0) is 23.1. The Morgan fingerprint density at radius 1 is 1.16 bits per heavy atom. The molecule has 2 aromatic rings. The van der Waals surface area contributed by atoms with Crippen molar-refractivity contribution in [2.45, 2.75) is 104 Å². The fraction of sp³-hybridized carbons (Fsp3) is 0.731. The molecule has 6 nitrogen and oxygen atoms in total. The maximum Gasteiger partial charge on any atom is 0.343 e. The molecule has 2 unspecified atom stereocenters. The van der Waals surface area contributed by atoms with Crippen LogP contribution in [0, 0.1) is 29.1 Å². The first-order valence-corrected chi connectivity index (χ1v) is 12.7. The highest BCUT2D eigenvalue weighted by Gasteiger charge is 2.39. The van der Waals surface area contributed by atoms with E-state index in [1.54, 1.807) is 10.7 Å². The van der Waals surface area contributed by atoms with Crippen molar-refractivity contribution in [2.24, 2.45) is 17.8 Å².